The van der Waals surface area contributed by atoms with E-state index in [1.807, 2.05) is 0 Å². The molecule has 7 nitrogen and oxygen atoms in total. The molecule has 0 amide bonds. The molecule has 3 aromatic rings. The summed E-state index contributed by atoms with van der Waals surface area (Å²) in [4.78, 5) is 8.62. The molecule has 0 spiro atoms. The minimum absolute atomic E-state index is 0.311. The molecule has 1 aromatic carbocycles. The molecule has 0 aliphatic rings. The van der Waals surface area contributed by atoms with Gasteiger partial charge < -0.3 is 13.8 Å². The van der Waals surface area contributed by atoms with E-state index in [1.54, 1.807) is 30.5 Å². The topological polar surface area (TPSA) is 98.3 Å². The predicted octanol–water partition coefficient (Wildman–Crippen LogP) is 2.39. The predicted molar refractivity (Wildman–Crippen MR) is 78.6 cm³/mol. The summed E-state index contributed by atoms with van der Waals surface area (Å²) in [5, 5.41) is 3.91. The average Bonchev–Trinajstić information content (AvgIpc) is 3.05. The van der Waals surface area contributed by atoms with Crippen LogP contribution in [-0.4, -0.2) is 31.0 Å². The van der Waals surface area contributed by atoms with Crippen molar-refractivity contribution >= 4 is 11.1 Å². The van der Waals surface area contributed by atoms with Gasteiger partial charge in [-0.3, -0.25) is 0 Å². The van der Waals surface area contributed by atoms with Gasteiger partial charge in [0.15, 0.2) is 11.1 Å². The maximum Gasteiger partial charge on any atom is 0.258 e. The number of hydrogen-bond donors (Lipinski definition) is 1. The molecule has 0 aliphatic heterocycles. The van der Waals surface area contributed by atoms with Gasteiger partial charge in [0.1, 0.15) is 0 Å². The Morgan fingerprint density at radius 2 is 1.95 bits per heavy atom. The third-order valence-electron chi connectivity index (χ3n) is 2.93. The van der Waals surface area contributed by atoms with Gasteiger partial charge in [-0.25, -0.2) is 9.19 Å². The molecule has 0 bridgehead atoms. The van der Waals surface area contributed by atoms with E-state index in [0.29, 0.717) is 33.6 Å². The first-order chi connectivity index (χ1) is 10.7. The quantitative estimate of drug-likeness (QED) is 0.738. The molecule has 112 valence electrons. The first kappa shape index (κ1) is 14.4. The fourth-order valence-corrected chi connectivity index (χ4v) is 2.20. The zero-order chi connectivity index (χ0) is 15.5. The minimum atomic E-state index is -2.01. The first-order valence-electron chi connectivity index (χ1n) is 6.23. The summed E-state index contributed by atoms with van der Waals surface area (Å²) < 4.78 is 30.2. The fourth-order valence-electron chi connectivity index (χ4n) is 1.83. The maximum absolute atomic E-state index is 10.9. The van der Waals surface area contributed by atoms with E-state index in [1.165, 1.54) is 19.2 Å². The molecule has 0 aliphatic carbocycles. The average molecular weight is 317 g/mol. The number of rotatable bonds is 4. The molecule has 0 fully saturated rings. The number of nitrogens with zero attached hydrogens (tertiary/aromatic N) is 3. The number of pyridine rings is 1. The van der Waals surface area contributed by atoms with Crippen LogP contribution < -0.4 is 4.74 Å². The largest absolute Gasteiger partial charge is 0.481 e. The van der Waals surface area contributed by atoms with Crippen LogP contribution in [0.15, 0.2) is 52.0 Å². The minimum Gasteiger partial charge on any atom is -0.481 e. The molecule has 2 aromatic heterocycles. The van der Waals surface area contributed by atoms with Crippen molar-refractivity contribution in [3.63, 3.8) is 0 Å². The van der Waals surface area contributed by atoms with E-state index in [-0.39, 0.29) is 0 Å². The second kappa shape index (κ2) is 6.04. The van der Waals surface area contributed by atoms with Gasteiger partial charge in [0.2, 0.25) is 11.7 Å². The second-order valence-electron chi connectivity index (χ2n) is 4.28. The van der Waals surface area contributed by atoms with Crippen LogP contribution in [0, 0.1) is 0 Å². The van der Waals surface area contributed by atoms with Gasteiger partial charge in [-0.1, -0.05) is 5.16 Å². The Kier molecular flexibility index (Phi) is 3.94. The summed E-state index contributed by atoms with van der Waals surface area (Å²) >= 11 is -2.01. The normalized spacial score (nSPS) is 12.1. The Balaban J connectivity index is 1.91. The second-order valence-corrected chi connectivity index (χ2v) is 5.25. The summed E-state index contributed by atoms with van der Waals surface area (Å²) in [5.41, 5.74) is 1.38. The smallest absolute Gasteiger partial charge is 0.258 e. The lowest BCUT2D eigenvalue weighted by molar-refractivity contribution is 0.397. The van der Waals surface area contributed by atoms with Crippen molar-refractivity contribution in [3.05, 3.63) is 42.6 Å². The number of hydrogen-bond acceptors (Lipinski definition) is 6. The molecule has 1 atom stereocenters. The molecule has 0 saturated carbocycles. The van der Waals surface area contributed by atoms with Crippen molar-refractivity contribution in [2.24, 2.45) is 0 Å². The number of ether oxygens (including phenoxy) is 1. The van der Waals surface area contributed by atoms with Crippen molar-refractivity contribution in [1.29, 1.82) is 0 Å². The molecule has 2 heterocycles. The molecule has 8 heteroatoms. The Labute approximate surface area is 128 Å². The maximum atomic E-state index is 10.9. The standard InChI is InChI=1S/C14H11N3O4S/c1-20-12-8-10(6-7-15-12)14-16-13(17-21-14)9-2-4-11(5-3-9)22(18)19/h2-8H,1H3,(H,18,19). The summed E-state index contributed by atoms with van der Waals surface area (Å²) in [6.45, 7) is 0. The third kappa shape index (κ3) is 2.87. The Bertz CT molecular complexity index is 817. The molecular weight excluding hydrogens is 306 g/mol. The van der Waals surface area contributed by atoms with Crippen molar-refractivity contribution in [1.82, 2.24) is 15.1 Å². The number of benzene rings is 1. The van der Waals surface area contributed by atoms with E-state index in [0.717, 1.165) is 0 Å². The van der Waals surface area contributed by atoms with Gasteiger partial charge in [0, 0.05) is 23.4 Å². The van der Waals surface area contributed by atoms with Gasteiger partial charge >= 0.3 is 0 Å². The van der Waals surface area contributed by atoms with Crippen LogP contribution >= 0.6 is 0 Å². The van der Waals surface area contributed by atoms with Gasteiger partial charge in [-0.05, 0) is 30.3 Å². The van der Waals surface area contributed by atoms with Crippen molar-refractivity contribution in [2.75, 3.05) is 7.11 Å². The van der Waals surface area contributed by atoms with Gasteiger partial charge in [0.25, 0.3) is 5.89 Å². The molecule has 1 N–H and O–H groups in total. The zero-order valence-corrected chi connectivity index (χ0v) is 12.3. The Hall–Kier alpha value is -2.58. The van der Waals surface area contributed by atoms with E-state index >= 15 is 0 Å². The highest BCUT2D eigenvalue weighted by atomic mass is 32.2. The summed E-state index contributed by atoms with van der Waals surface area (Å²) in [7, 11) is 1.53. The lowest BCUT2D eigenvalue weighted by Crippen LogP contribution is -1.89. The molecule has 1 unspecified atom stereocenters. The highest BCUT2D eigenvalue weighted by Crippen LogP contribution is 2.24. The van der Waals surface area contributed by atoms with Gasteiger partial charge in [-0.15, -0.1) is 0 Å². The van der Waals surface area contributed by atoms with Gasteiger partial charge in [-0.2, -0.15) is 4.98 Å². The molecule has 22 heavy (non-hydrogen) atoms. The van der Waals surface area contributed by atoms with Gasteiger partial charge in [0.05, 0.1) is 12.0 Å². The van der Waals surface area contributed by atoms with Crippen molar-refractivity contribution in [3.8, 4) is 28.7 Å². The molecule has 3 rings (SSSR count). The summed E-state index contributed by atoms with van der Waals surface area (Å²) in [6, 6.07) is 9.82. The summed E-state index contributed by atoms with van der Waals surface area (Å²) in [5.74, 6) is 1.18. The van der Waals surface area contributed by atoms with E-state index in [4.69, 9.17) is 13.8 Å². The molecule has 0 saturated heterocycles. The zero-order valence-electron chi connectivity index (χ0n) is 11.5. The van der Waals surface area contributed by atoms with Crippen LogP contribution in [0.5, 0.6) is 5.88 Å². The number of aromatic nitrogens is 3. The van der Waals surface area contributed by atoms with Crippen LogP contribution in [0.25, 0.3) is 22.8 Å². The van der Waals surface area contributed by atoms with Crippen LogP contribution in [0.2, 0.25) is 0 Å². The summed E-state index contributed by atoms with van der Waals surface area (Å²) in [6.07, 6.45) is 1.59. The van der Waals surface area contributed by atoms with Crippen molar-refractivity contribution < 1.29 is 18.0 Å². The van der Waals surface area contributed by atoms with Crippen LogP contribution in [0.4, 0.5) is 0 Å². The lowest BCUT2D eigenvalue weighted by Gasteiger charge is -1.98. The highest BCUT2D eigenvalue weighted by molar-refractivity contribution is 7.79. The van der Waals surface area contributed by atoms with Crippen LogP contribution in [0.3, 0.4) is 0 Å². The van der Waals surface area contributed by atoms with Crippen LogP contribution in [0.1, 0.15) is 0 Å². The van der Waals surface area contributed by atoms with E-state index in [9.17, 15) is 4.21 Å². The Morgan fingerprint density at radius 1 is 1.18 bits per heavy atom. The SMILES string of the molecule is COc1cc(-c2nc(-c3ccc(S(=O)O)cc3)no2)ccn1. The van der Waals surface area contributed by atoms with E-state index in [2.05, 4.69) is 15.1 Å². The Morgan fingerprint density at radius 3 is 2.64 bits per heavy atom. The molecular formula is C14H11N3O4S. The number of methoxy groups -OCH3 is 1. The first-order valence-corrected chi connectivity index (χ1v) is 7.33. The lowest BCUT2D eigenvalue weighted by atomic mass is 10.2. The van der Waals surface area contributed by atoms with E-state index < -0.39 is 11.1 Å². The highest BCUT2D eigenvalue weighted by Gasteiger charge is 2.12. The third-order valence-corrected chi connectivity index (χ3v) is 3.61. The molecule has 0 radical (unpaired) electrons. The fraction of sp³-hybridized carbons (Fsp3) is 0.0714. The van der Waals surface area contributed by atoms with Crippen LogP contribution in [-0.2, 0) is 11.1 Å². The van der Waals surface area contributed by atoms with Crippen molar-refractivity contribution in [2.45, 2.75) is 4.90 Å². The monoisotopic (exact) mass is 317 g/mol.